The predicted molar refractivity (Wildman–Crippen MR) is 76.4 cm³/mol. The average molecular weight is 271 g/mol. The van der Waals surface area contributed by atoms with Crippen molar-refractivity contribution >= 4 is 5.97 Å². The molecule has 4 nitrogen and oxygen atoms in total. The van der Waals surface area contributed by atoms with Crippen LogP contribution >= 0.6 is 0 Å². The maximum atomic E-state index is 11.8. The van der Waals surface area contributed by atoms with Gasteiger partial charge in [0.15, 0.2) is 0 Å². The average Bonchev–Trinajstić information content (AvgIpc) is 2.60. The zero-order chi connectivity index (χ0) is 14.3. The van der Waals surface area contributed by atoms with Crippen LogP contribution in [0.15, 0.2) is 0 Å². The van der Waals surface area contributed by atoms with E-state index < -0.39 is 11.4 Å². The molecule has 0 amide bonds. The lowest BCUT2D eigenvalue weighted by Gasteiger charge is -2.36. The third-order valence-corrected chi connectivity index (χ3v) is 4.33. The summed E-state index contributed by atoms with van der Waals surface area (Å²) in [5.74, 6) is -0.613. The molecule has 0 heterocycles. The number of carbonyl (C=O) groups is 1. The summed E-state index contributed by atoms with van der Waals surface area (Å²) in [4.78, 5) is 14.1. The van der Waals surface area contributed by atoms with Crippen LogP contribution in [0.1, 0.15) is 52.4 Å². The molecule has 1 aliphatic carbocycles. The third kappa shape index (κ3) is 4.77. The number of aliphatic carboxylic acids is 1. The molecule has 112 valence electrons. The van der Waals surface area contributed by atoms with Crippen molar-refractivity contribution in [3.8, 4) is 0 Å². The van der Waals surface area contributed by atoms with E-state index in [0.717, 1.165) is 32.2 Å². The normalized spacial score (nSPS) is 19.6. The highest BCUT2D eigenvalue weighted by atomic mass is 16.5. The number of ether oxygens (including phenoxy) is 1. The van der Waals surface area contributed by atoms with Crippen LogP contribution in [0, 0.1) is 5.41 Å². The van der Waals surface area contributed by atoms with E-state index >= 15 is 0 Å². The first-order chi connectivity index (χ1) is 9.02. The van der Waals surface area contributed by atoms with Crippen LogP contribution in [0.4, 0.5) is 0 Å². The van der Waals surface area contributed by atoms with Crippen molar-refractivity contribution < 1.29 is 14.6 Å². The van der Waals surface area contributed by atoms with Gasteiger partial charge in [-0.25, -0.2) is 0 Å². The number of carboxylic acids is 1. The fourth-order valence-electron chi connectivity index (χ4n) is 2.96. The molecule has 0 radical (unpaired) electrons. The molecular formula is C15H29NO3. The summed E-state index contributed by atoms with van der Waals surface area (Å²) in [5.41, 5.74) is -0.547. The highest BCUT2D eigenvalue weighted by molar-refractivity contribution is 5.75. The fourth-order valence-corrected chi connectivity index (χ4v) is 2.96. The van der Waals surface area contributed by atoms with Crippen LogP contribution in [0.2, 0.25) is 0 Å². The van der Waals surface area contributed by atoms with Gasteiger partial charge in [-0.1, -0.05) is 25.7 Å². The lowest BCUT2D eigenvalue weighted by molar-refractivity contribution is -0.151. The van der Waals surface area contributed by atoms with Crippen molar-refractivity contribution in [2.24, 2.45) is 5.41 Å². The van der Waals surface area contributed by atoms with Gasteiger partial charge < -0.3 is 9.84 Å². The van der Waals surface area contributed by atoms with E-state index in [-0.39, 0.29) is 0 Å². The molecule has 0 saturated heterocycles. The molecule has 1 aliphatic rings. The van der Waals surface area contributed by atoms with E-state index in [0.29, 0.717) is 19.2 Å². The van der Waals surface area contributed by atoms with Gasteiger partial charge in [0.25, 0.3) is 0 Å². The highest BCUT2D eigenvalue weighted by Crippen LogP contribution is 2.36. The van der Waals surface area contributed by atoms with Gasteiger partial charge in [0, 0.05) is 26.2 Å². The topological polar surface area (TPSA) is 49.8 Å². The SMILES string of the molecule is COCCN(CC1(C(=O)O)CCCCCC1)C(C)C. The Bertz CT molecular complexity index is 271. The first-order valence-corrected chi connectivity index (χ1v) is 7.48. The van der Waals surface area contributed by atoms with Crippen LogP contribution in [0.25, 0.3) is 0 Å². The van der Waals surface area contributed by atoms with Gasteiger partial charge in [0.05, 0.1) is 12.0 Å². The van der Waals surface area contributed by atoms with Gasteiger partial charge >= 0.3 is 5.97 Å². The van der Waals surface area contributed by atoms with Gasteiger partial charge in [0.1, 0.15) is 0 Å². The number of hydrogen-bond donors (Lipinski definition) is 1. The zero-order valence-electron chi connectivity index (χ0n) is 12.7. The fraction of sp³-hybridized carbons (Fsp3) is 0.933. The van der Waals surface area contributed by atoms with Crippen molar-refractivity contribution in [2.75, 3.05) is 26.8 Å². The van der Waals surface area contributed by atoms with E-state index in [9.17, 15) is 9.90 Å². The second-order valence-corrected chi connectivity index (χ2v) is 6.06. The molecule has 0 aromatic carbocycles. The minimum atomic E-state index is -0.613. The Morgan fingerprint density at radius 3 is 2.26 bits per heavy atom. The van der Waals surface area contributed by atoms with Crippen LogP contribution in [-0.2, 0) is 9.53 Å². The second kappa shape index (κ2) is 7.85. The molecule has 0 bridgehead atoms. The molecular weight excluding hydrogens is 242 g/mol. The Balaban J connectivity index is 2.76. The maximum Gasteiger partial charge on any atom is 0.310 e. The van der Waals surface area contributed by atoms with Gasteiger partial charge in [-0.2, -0.15) is 0 Å². The maximum absolute atomic E-state index is 11.8. The summed E-state index contributed by atoms with van der Waals surface area (Å²) >= 11 is 0. The molecule has 1 rings (SSSR count). The minimum Gasteiger partial charge on any atom is -0.481 e. The van der Waals surface area contributed by atoms with Crippen molar-refractivity contribution in [3.63, 3.8) is 0 Å². The van der Waals surface area contributed by atoms with Crippen LogP contribution < -0.4 is 0 Å². The quantitative estimate of drug-likeness (QED) is 0.723. The van der Waals surface area contributed by atoms with E-state index in [1.54, 1.807) is 7.11 Å². The Kier molecular flexibility index (Phi) is 6.80. The van der Waals surface area contributed by atoms with Crippen LogP contribution in [0.5, 0.6) is 0 Å². The molecule has 1 fully saturated rings. The monoisotopic (exact) mass is 271 g/mol. The Labute approximate surface area is 117 Å². The number of methoxy groups -OCH3 is 1. The van der Waals surface area contributed by atoms with Crippen molar-refractivity contribution in [2.45, 2.75) is 58.4 Å². The molecule has 0 unspecified atom stereocenters. The van der Waals surface area contributed by atoms with Gasteiger partial charge in [-0.05, 0) is 26.7 Å². The number of rotatable bonds is 7. The molecule has 1 saturated carbocycles. The molecule has 0 spiro atoms. The first kappa shape index (κ1) is 16.4. The van der Waals surface area contributed by atoms with Gasteiger partial charge in [-0.15, -0.1) is 0 Å². The molecule has 0 aromatic heterocycles. The zero-order valence-corrected chi connectivity index (χ0v) is 12.7. The van der Waals surface area contributed by atoms with Crippen molar-refractivity contribution in [1.29, 1.82) is 0 Å². The summed E-state index contributed by atoms with van der Waals surface area (Å²) in [7, 11) is 1.69. The number of hydrogen-bond acceptors (Lipinski definition) is 3. The molecule has 0 atom stereocenters. The van der Waals surface area contributed by atoms with Crippen molar-refractivity contribution in [1.82, 2.24) is 4.90 Å². The summed E-state index contributed by atoms with van der Waals surface area (Å²) in [6, 6.07) is 0.356. The summed E-state index contributed by atoms with van der Waals surface area (Å²) < 4.78 is 5.14. The lowest BCUT2D eigenvalue weighted by atomic mass is 9.79. The molecule has 1 N–H and O–H groups in total. The van der Waals surface area contributed by atoms with Crippen LogP contribution in [-0.4, -0.2) is 48.8 Å². The van der Waals surface area contributed by atoms with E-state index in [2.05, 4.69) is 18.7 Å². The predicted octanol–water partition coefficient (Wildman–Crippen LogP) is 2.77. The summed E-state index contributed by atoms with van der Waals surface area (Å²) in [5, 5.41) is 9.71. The number of nitrogens with zero attached hydrogens (tertiary/aromatic N) is 1. The Morgan fingerprint density at radius 2 is 1.84 bits per heavy atom. The van der Waals surface area contributed by atoms with Crippen molar-refractivity contribution in [3.05, 3.63) is 0 Å². The standard InChI is InChI=1S/C15H29NO3/c1-13(2)16(10-11-19-3)12-15(14(17)18)8-6-4-5-7-9-15/h13H,4-12H2,1-3H3,(H,17,18). The molecule has 0 aromatic rings. The molecule has 0 aliphatic heterocycles. The largest absolute Gasteiger partial charge is 0.481 e. The smallest absolute Gasteiger partial charge is 0.310 e. The highest BCUT2D eigenvalue weighted by Gasteiger charge is 2.40. The number of carboxylic acid groups (broad SMARTS) is 1. The Morgan fingerprint density at radius 1 is 1.26 bits per heavy atom. The molecule has 4 heteroatoms. The van der Waals surface area contributed by atoms with E-state index in [1.807, 2.05) is 0 Å². The lowest BCUT2D eigenvalue weighted by Crippen LogP contribution is -2.46. The van der Waals surface area contributed by atoms with Crippen LogP contribution in [0.3, 0.4) is 0 Å². The summed E-state index contributed by atoms with van der Waals surface area (Å²) in [6.07, 6.45) is 6.08. The Hall–Kier alpha value is -0.610. The summed E-state index contributed by atoms with van der Waals surface area (Å²) in [6.45, 7) is 6.38. The minimum absolute atomic E-state index is 0.356. The van der Waals surface area contributed by atoms with Gasteiger partial charge in [-0.3, -0.25) is 9.69 Å². The third-order valence-electron chi connectivity index (χ3n) is 4.33. The first-order valence-electron chi connectivity index (χ1n) is 7.48. The van der Waals surface area contributed by atoms with E-state index in [4.69, 9.17) is 4.74 Å². The van der Waals surface area contributed by atoms with Gasteiger partial charge in [0.2, 0.25) is 0 Å². The molecule has 19 heavy (non-hydrogen) atoms. The van der Waals surface area contributed by atoms with E-state index in [1.165, 1.54) is 12.8 Å². The second-order valence-electron chi connectivity index (χ2n) is 6.06.